The summed E-state index contributed by atoms with van der Waals surface area (Å²) in [5, 5.41) is 10.1. The minimum atomic E-state index is 0.397. The minimum Gasteiger partial charge on any atom is -0.308 e. The first-order chi connectivity index (χ1) is 10.3. The predicted molar refractivity (Wildman–Crippen MR) is 88.4 cm³/mol. The van der Waals surface area contributed by atoms with Gasteiger partial charge in [0, 0.05) is 29.2 Å². The molecule has 0 aliphatic rings. The number of nitrogens with zero attached hydrogens (tertiary/aromatic N) is 2. The summed E-state index contributed by atoms with van der Waals surface area (Å²) in [7, 11) is 0. The average molecular weight is 297 g/mol. The average Bonchev–Trinajstić information content (AvgIpc) is 3.20. The van der Waals surface area contributed by atoms with Crippen LogP contribution in [0.5, 0.6) is 0 Å². The number of aromatic nitrogens is 2. The van der Waals surface area contributed by atoms with Gasteiger partial charge in [-0.3, -0.25) is 4.68 Å². The highest BCUT2D eigenvalue weighted by molar-refractivity contribution is 7.10. The summed E-state index contributed by atoms with van der Waals surface area (Å²) >= 11 is 1.79. The molecule has 21 heavy (non-hydrogen) atoms. The van der Waals surface area contributed by atoms with Crippen LogP contribution in [-0.4, -0.2) is 16.3 Å². The largest absolute Gasteiger partial charge is 0.308 e. The summed E-state index contributed by atoms with van der Waals surface area (Å²) in [6, 6.07) is 15.0. The lowest BCUT2D eigenvalue weighted by Gasteiger charge is -2.11. The first-order valence-corrected chi connectivity index (χ1v) is 8.05. The fraction of sp³-hybridized carbons (Fsp3) is 0.235. The molecule has 0 bridgehead atoms. The van der Waals surface area contributed by atoms with E-state index in [-0.39, 0.29) is 0 Å². The summed E-state index contributed by atoms with van der Waals surface area (Å²) in [4.78, 5) is 1.38. The van der Waals surface area contributed by atoms with Gasteiger partial charge in [-0.2, -0.15) is 5.10 Å². The molecule has 1 aromatic carbocycles. The summed E-state index contributed by atoms with van der Waals surface area (Å²) in [6.45, 7) is 3.99. The van der Waals surface area contributed by atoms with Gasteiger partial charge in [0.1, 0.15) is 0 Å². The predicted octanol–water partition coefficient (Wildman–Crippen LogP) is 3.96. The molecule has 3 rings (SSSR count). The minimum absolute atomic E-state index is 0.397. The molecule has 0 radical (unpaired) electrons. The number of nitrogens with one attached hydrogen (secondary N) is 1. The Hall–Kier alpha value is -1.91. The highest BCUT2D eigenvalue weighted by Gasteiger charge is 2.05. The topological polar surface area (TPSA) is 29.9 Å². The third-order valence-corrected chi connectivity index (χ3v) is 4.56. The van der Waals surface area contributed by atoms with E-state index in [1.807, 2.05) is 16.9 Å². The van der Waals surface area contributed by atoms with Crippen molar-refractivity contribution >= 4 is 11.3 Å². The zero-order valence-electron chi connectivity index (χ0n) is 12.1. The maximum Gasteiger partial charge on any atom is 0.0568 e. The third-order valence-electron chi connectivity index (χ3n) is 3.50. The Kier molecular flexibility index (Phi) is 4.48. The fourth-order valence-electron chi connectivity index (χ4n) is 2.30. The molecule has 0 amide bonds. The van der Waals surface area contributed by atoms with Crippen LogP contribution in [0.25, 0.3) is 11.1 Å². The molecule has 0 saturated carbocycles. The van der Waals surface area contributed by atoms with E-state index in [0.29, 0.717) is 6.04 Å². The summed E-state index contributed by atoms with van der Waals surface area (Å²) in [5.41, 5.74) is 2.38. The van der Waals surface area contributed by atoms with Gasteiger partial charge in [0.25, 0.3) is 0 Å². The highest BCUT2D eigenvalue weighted by atomic mass is 32.1. The number of benzene rings is 1. The Bertz CT molecular complexity index is 658. The molecular formula is C17H19N3S. The van der Waals surface area contributed by atoms with Crippen molar-refractivity contribution in [2.45, 2.75) is 19.5 Å². The van der Waals surface area contributed by atoms with E-state index in [9.17, 15) is 0 Å². The van der Waals surface area contributed by atoms with E-state index < -0.39 is 0 Å². The summed E-state index contributed by atoms with van der Waals surface area (Å²) in [6.07, 6.45) is 4.03. The molecule has 0 spiro atoms. The van der Waals surface area contributed by atoms with Gasteiger partial charge >= 0.3 is 0 Å². The van der Waals surface area contributed by atoms with Crippen LogP contribution in [0, 0.1) is 0 Å². The van der Waals surface area contributed by atoms with Crippen LogP contribution in [-0.2, 0) is 6.54 Å². The number of thiophene rings is 1. The van der Waals surface area contributed by atoms with Gasteiger partial charge in [0.05, 0.1) is 12.7 Å². The first-order valence-electron chi connectivity index (χ1n) is 7.17. The SMILES string of the molecule is CC(NCCn1cc(-c2ccccc2)cn1)c1cccs1. The fourth-order valence-corrected chi connectivity index (χ4v) is 3.06. The molecule has 0 aliphatic heterocycles. The van der Waals surface area contributed by atoms with Crippen molar-refractivity contribution in [2.24, 2.45) is 0 Å². The molecule has 1 atom stereocenters. The second-order valence-electron chi connectivity index (χ2n) is 5.05. The monoisotopic (exact) mass is 297 g/mol. The standard InChI is InChI=1S/C17H19N3S/c1-14(17-8-5-11-21-17)18-9-10-20-13-16(12-19-20)15-6-3-2-4-7-15/h2-8,11-14,18H,9-10H2,1H3. The zero-order chi connectivity index (χ0) is 14.5. The zero-order valence-corrected chi connectivity index (χ0v) is 12.9. The highest BCUT2D eigenvalue weighted by Crippen LogP contribution is 2.18. The van der Waals surface area contributed by atoms with Crippen LogP contribution in [0.2, 0.25) is 0 Å². The lowest BCUT2D eigenvalue weighted by Crippen LogP contribution is -2.22. The molecular weight excluding hydrogens is 278 g/mol. The Morgan fingerprint density at radius 1 is 1.14 bits per heavy atom. The van der Waals surface area contributed by atoms with Crippen LogP contribution in [0.3, 0.4) is 0 Å². The maximum absolute atomic E-state index is 4.43. The van der Waals surface area contributed by atoms with Gasteiger partial charge in [0.15, 0.2) is 0 Å². The molecule has 3 nitrogen and oxygen atoms in total. The molecule has 3 aromatic rings. The molecule has 2 heterocycles. The van der Waals surface area contributed by atoms with Gasteiger partial charge in [-0.15, -0.1) is 11.3 Å². The van der Waals surface area contributed by atoms with E-state index in [1.165, 1.54) is 16.0 Å². The molecule has 2 aromatic heterocycles. The molecule has 108 valence electrons. The van der Waals surface area contributed by atoms with E-state index in [1.54, 1.807) is 11.3 Å². The van der Waals surface area contributed by atoms with Crippen molar-refractivity contribution in [1.82, 2.24) is 15.1 Å². The second-order valence-corrected chi connectivity index (χ2v) is 6.03. The summed E-state index contributed by atoms with van der Waals surface area (Å²) in [5.74, 6) is 0. The van der Waals surface area contributed by atoms with Crippen LogP contribution in [0.1, 0.15) is 17.8 Å². The Balaban J connectivity index is 1.54. The lowest BCUT2D eigenvalue weighted by molar-refractivity contribution is 0.511. The van der Waals surface area contributed by atoms with Crippen molar-refractivity contribution in [3.8, 4) is 11.1 Å². The van der Waals surface area contributed by atoms with Crippen LogP contribution >= 0.6 is 11.3 Å². The Labute approximate surface area is 129 Å². The lowest BCUT2D eigenvalue weighted by atomic mass is 10.1. The molecule has 0 aliphatic carbocycles. The van der Waals surface area contributed by atoms with Gasteiger partial charge in [-0.25, -0.2) is 0 Å². The molecule has 1 N–H and O–H groups in total. The van der Waals surface area contributed by atoms with Crippen molar-refractivity contribution in [3.05, 3.63) is 65.1 Å². The van der Waals surface area contributed by atoms with E-state index in [0.717, 1.165) is 13.1 Å². The van der Waals surface area contributed by atoms with Crippen molar-refractivity contribution < 1.29 is 0 Å². The number of hydrogen-bond acceptors (Lipinski definition) is 3. The van der Waals surface area contributed by atoms with Crippen LogP contribution in [0.15, 0.2) is 60.2 Å². The van der Waals surface area contributed by atoms with Crippen molar-refractivity contribution in [2.75, 3.05) is 6.54 Å². The number of hydrogen-bond donors (Lipinski definition) is 1. The first kappa shape index (κ1) is 14.0. The Morgan fingerprint density at radius 2 is 2.00 bits per heavy atom. The Morgan fingerprint density at radius 3 is 2.76 bits per heavy atom. The quantitative estimate of drug-likeness (QED) is 0.746. The van der Waals surface area contributed by atoms with E-state index >= 15 is 0 Å². The van der Waals surface area contributed by atoms with Gasteiger partial charge in [-0.05, 0) is 23.9 Å². The maximum atomic E-state index is 4.43. The summed E-state index contributed by atoms with van der Waals surface area (Å²) < 4.78 is 2.00. The molecule has 0 fully saturated rings. The van der Waals surface area contributed by atoms with Crippen LogP contribution < -0.4 is 5.32 Å². The normalized spacial score (nSPS) is 12.4. The van der Waals surface area contributed by atoms with Gasteiger partial charge in [0.2, 0.25) is 0 Å². The van der Waals surface area contributed by atoms with Gasteiger partial charge in [-0.1, -0.05) is 36.4 Å². The van der Waals surface area contributed by atoms with Crippen LogP contribution in [0.4, 0.5) is 0 Å². The second kappa shape index (κ2) is 6.70. The van der Waals surface area contributed by atoms with Gasteiger partial charge < -0.3 is 5.32 Å². The molecule has 1 unspecified atom stereocenters. The van der Waals surface area contributed by atoms with E-state index in [4.69, 9.17) is 0 Å². The van der Waals surface area contributed by atoms with Crippen molar-refractivity contribution in [1.29, 1.82) is 0 Å². The molecule has 0 saturated heterocycles. The molecule has 4 heteroatoms. The smallest absolute Gasteiger partial charge is 0.0568 e. The third kappa shape index (κ3) is 3.60. The van der Waals surface area contributed by atoms with E-state index in [2.05, 4.69) is 65.3 Å². The number of rotatable bonds is 6. The van der Waals surface area contributed by atoms with Crippen molar-refractivity contribution in [3.63, 3.8) is 0 Å².